The highest BCUT2D eigenvalue weighted by Gasteiger charge is 2.36. The summed E-state index contributed by atoms with van der Waals surface area (Å²) in [6.07, 6.45) is 2.65. The van der Waals surface area contributed by atoms with Gasteiger partial charge in [-0.15, -0.1) is 0 Å². The minimum absolute atomic E-state index is 0.276. The largest absolute Gasteiger partial charge is 0.417 e. The summed E-state index contributed by atoms with van der Waals surface area (Å²) in [7, 11) is -2.26. The highest BCUT2D eigenvalue weighted by Crippen LogP contribution is 2.36. The van der Waals surface area contributed by atoms with Crippen molar-refractivity contribution in [3.63, 3.8) is 0 Å². The van der Waals surface area contributed by atoms with E-state index in [-0.39, 0.29) is 5.04 Å². The topological polar surface area (TPSA) is 26.3 Å². The van der Waals surface area contributed by atoms with Crippen LogP contribution in [0, 0.1) is 0 Å². The van der Waals surface area contributed by atoms with E-state index in [2.05, 4.69) is 33.9 Å². The van der Waals surface area contributed by atoms with Crippen LogP contribution in [0.5, 0.6) is 0 Å². The van der Waals surface area contributed by atoms with Gasteiger partial charge >= 0.3 is 0 Å². The molecule has 14 heavy (non-hydrogen) atoms. The molecule has 0 aliphatic heterocycles. The zero-order valence-electron chi connectivity index (χ0n) is 10.3. The predicted octanol–water partition coefficient (Wildman–Crippen LogP) is 2.78. The molecule has 0 amide bonds. The third kappa shape index (κ3) is 5.27. The Morgan fingerprint density at radius 2 is 1.79 bits per heavy atom. The van der Waals surface area contributed by atoms with E-state index in [0.717, 1.165) is 18.8 Å². The number of rotatable bonds is 5. The van der Waals surface area contributed by atoms with Crippen LogP contribution < -0.4 is 0 Å². The summed E-state index contributed by atoms with van der Waals surface area (Å²) in [6.45, 7) is 12.0. The van der Waals surface area contributed by atoms with Gasteiger partial charge in [-0.05, 0) is 24.6 Å². The third-order valence-corrected chi connectivity index (χ3v) is 8.25. The van der Waals surface area contributed by atoms with Crippen molar-refractivity contribution >= 4 is 19.1 Å². The molecule has 4 heteroatoms. The first-order valence-electron chi connectivity index (χ1n) is 5.11. The van der Waals surface area contributed by atoms with Gasteiger partial charge in [0.25, 0.3) is 0 Å². The van der Waals surface area contributed by atoms with Crippen LogP contribution in [-0.4, -0.2) is 31.1 Å². The lowest BCUT2D eigenvalue weighted by molar-refractivity contribution is 0.289. The molecule has 0 heterocycles. The van der Waals surface area contributed by atoms with Gasteiger partial charge in [0.15, 0.2) is 8.32 Å². The first-order valence-corrected chi connectivity index (χ1v) is 9.74. The lowest BCUT2D eigenvalue weighted by Crippen LogP contribution is -2.41. The standard InChI is InChI=1S/C10H24O2SSi/c1-10(2,3)14(5,6)12-8-7-9-13(4)11/h7-9H2,1-6H3/t13-/m0/s1. The molecule has 86 valence electrons. The van der Waals surface area contributed by atoms with Gasteiger partial charge in [0, 0.05) is 29.4 Å². The summed E-state index contributed by atoms with van der Waals surface area (Å²) in [5, 5.41) is 0.276. The van der Waals surface area contributed by atoms with Crippen LogP contribution in [0.1, 0.15) is 27.2 Å². The highest BCUT2D eigenvalue weighted by atomic mass is 32.2. The lowest BCUT2D eigenvalue weighted by atomic mass is 10.2. The molecule has 0 aromatic carbocycles. The Labute approximate surface area is 92.0 Å². The molecule has 0 N–H and O–H groups in total. The monoisotopic (exact) mass is 236 g/mol. The molecule has 2 nitrogen and oxygen atoms in total. The van der Waals surface area contributed by atoms with E-state index in [1.165, 1.54) is 0 Å². The molecule has 0 spiro atoms. The smallest absolute Gasteiger partial charge is 0.191 e. The van der Waals surface area contributed by atoms with Crippen LogP contribution >= 0.6 is 0 Å². The lowest BCUT2D eigenvalue weighted by Gasteiger charge is -2.36. The van der Waals surface area contributed by atoms with Crippen molar-refractivity contribution < 1.29 is 8.63 Å². The Hall–Kier alpha value is 0.327. The van der Waals surface area contributed by atoms with Gasteiger partial charge in [-0.3, -0.25) is 4.21 Å². The summed E-state index contributed by atoms with van der Waals surface area (Å²) in [4.78, 5) is 0. The fraction of sp³-hybridized carbons (Fsp3) is 1.00. The molecule has 0 aliphatic rings. The first kappa shape index (κ1) is 14.3. The molecular weight excluding hydrogens is 212 g/mol. The Kier molecular flexibility index (Phi) is 5.55. The van der Waals surface area contributed by atoms with Gasteiger partial charge in [0.05, 0.1) is 0 Å². The van der Waals surface area contributed by atoms with Gasteiger partial charge in [-0.25, -0.2) is 0 Å². The summed E-state index contributed by atoms with van der Waals surface area (Å²) in [5.74, 6) is 0.759. The average Bonchev–Trinajstić information content (AvgIpc) is 1.95. The maximum Gasteiger partial charge on any atom is 0.191 e. The zero-order valence-corrected chi connectivity index (χ0v) is 12.2. The maximum atomic E-state index is 10.8. The minimum Gasteiger partial charge on any atom is -0.417 e. The van der Waals surface area contributed by atoms with Gasteiger partial charge < -0.3 is 4.43 Å². The second kappa shape index (κ2) is 5.42. The van der Waals surface area contributed by atoms with E-state index in [1.807, 2.05) is 0 Å². The third-order valence-electron chi connectivity index (χ3n) is 2.85. The normalized spacial score (nSPS) is 15.6. The van der Waals surface area contributed by atoms with E-state index in [0.29, 0.717) is 0 Å². The van der Waals surface area contributed by atoms with Crippen molar-refractivity contribution in [3.8, 4) is 0 Å². The molecule has 0 unspecified atom stereocenters. The minimum atomic E-state index is -1.58. The molecule has 0 aromatic heterocycles. The van der Waals surface area contributed by atoms with E-state index >= 15 is 0 Å². The number of hydrogen-bond donors (Lipinski definition) is 0. The van der Waals surface area contributed by atoms with Gasteiger partial charge in [0.1, 0.15) is 0 Å². The Balaban J connectivity index is 3.83. The molecule has 0 saturated carbocycles. The SMILES string of the molecule is C[S@](=O)CCCO[Si](C)(C)C(C)(C)C. The van der Waals surface area contributed by atoms with Crippen molar-refractivity contribution in [1.82, 2.24) is 0 Å². The van der Waals surface area contributed by atoms with Crippen LogP contribution in [0.3, 0.4) is 0 Å². The van der Waals surface area contributed by atoms with Gasteiger partial charge in [-0.1, -0.05) is 20.8 Å². The Bertz CT molecular complexity index is 197. The average molecular weight is 236 g/mol. The second-order valence-electron chi connectivity index (χ2n) is 5.24. The first-order chi connectivity index (χ1) is 6.17. The van der Waals surface area contributed by atoms with E-state index in [1.54, 1.807) is 6.26 Å². The fourth-order valence-electron chi connectivity index (χ4n) is 0.806. The second-order valence-corrected chi connectivity index (χ2v) is 11.6. The van der Waals surface area contributed by atoms with Gasteiger partial charge in [0.2, 0.25) is 0 Å². The van der Waals surface area contributed by atoms with Crippen molar-refractivity contribution in [2.45, 2.75) is 45.3 Å². The zero-order chi connectivity index (χ0) is 11.4. The van der Waals surface area contributed by atoms with E-state index in [9.17, 15) is 4.21 Å². The van der Waals surface area contributed by atoms with Crippen LogP contribution in [0.15, 0.2) is 0 Å². The molecular formula is C10H24O2SSi. The molecule has 0 radical (unpaired) electrons. The molecule has 0 saturated heterocycles. The highest BCUT2D eigenvalue weighted by molar-refractivity contribution is 7.84. The Morgan fingerprint density at radius 1 is 1.29 bits per heavy atom. The summed E-state index contributed by atoms with van der Waals surface area (Å²) < 4.78 is 16.8. The molecule has 1 atom stereocenters. The van der Waals surface area contributed by atoms with Crippen LogP contribution in [0.4, 0.5) is 0 Å². The van der Waals surface area contributed by atoms with Crippen LogP contribution in [-0.2, 0) is 15.2 Å². The molecule has 0 fully saturated rings. The van der Waals surface area contributed by atoms with Crippen molar-refractivity contribution in [3.05, 3.63) is 0 Å². The summed E-state index contributed by atoms with van der Waals surface area (Å²) in [5.41, 5.74) is 0. The summed E-state index contributed by atoms with van der Waals surface area (Å²) >= 11 is 0. The van der Waals surface area contributed by atoms with Crippen molar-refractivity contribution in [2.24, 2.45) is 0 Å². The quantitative estimate of drug-likeness (QED) is 0.542. The van der Waals surface area contributed by atoms with Crippen molar-refractivity contribution in [2.75, 3.05) is 18.6 Å². The van der Waals surface area contributed by atoms with Crippen LogP contribution in [0.2, 0.25) is 18.1 Å². The van der Waals surface area contributed by atoms with Crippen molar-refractivity contribution in [1.29, 1.82) is 0 Å². The number of hydrogen-bond acceptors (Lipinski definition) is 2. The maximum absolute atomic E-state index is 10.8. The van der Waals surface area contributed by atoms with E-state index < -0.39 is 19.1 Å². The molecule has 0 aromatic rings. The predicted molar refractivity (Wildman–Crippen MR) is 66.7 cm³/mol. The molecule has 0 aliphatic carbocycles. The Morgan fingerprint density at radius 3 is 2.14 bits per heavy atom. The molecule has 0 rings (SSSR count). The van der Waals surface area contributed by atoms with Crippen LogP contribution in [0.25, 0.3) is 0 Å². The molecule has 0 bridgehead atoms. The fourth-order valence-corrected chi connectivity index (χ4v) is 2.42. The van der Waals surface area contributed by atoms with Gasteiger partial charge in [-0.2, -0.15) is 0 Å². The van der Waals surface area contributed by atoms with E-state index in [4.69, 9.17) is 4.43 Å². The summed E-state index contributed by atoms with van der Waals surface area (Å²) in [6, 6.07) is 0.